The molecule has 1 nitrogen and oxygen atoms in total. The fraction of sp³-hybridized carbons (Fsp3) is 0.462. The minimum Gasteiger partial charge on any atom is -0.459 e. The molecule has 0 N–H and O–H groups in total. The van der Waals surface area contributed by atoms with Crippen molar-refractivity contribution in [3.63, 3.8) is 0 Å². The summed E-state index contributed by atoms with van der Waals surface area (Å²) in [6.07, 6.45) is 0.951. The molecule has 0 fully saturated rings. The van der Waals surface area contributed by atoms with Gasteiger partial charge in [0.1, 0.15) is 0 Å². The molecule has 0 amide bonds. The first kappa shape index (κ1) is 15.9. The summed E-state index contributed by atoms with van der Waals surface area (Å²) in [5.74, 6) is 0.583. The Kier molecular flexibility index (Phi) is 7.25. The Balaban J connectivity index is 0.00000225. The van der Waals surface area contributed by atoms with Crippen LogP contribution in [-0.2, 0) is 0 Å². The van der Waals surface area contributed by atoms with Crippen LogP contribution in [0.1, 0.15) is 35.3 Å². The summed E-state index contributed by atoms with van der Waals surface area (Å²) in [7, 11) is 0.922. The number of rotatable bonds is 4. The third kappa shape index (κ3) is 4.42. The molecule has 82 valence electrons. The van der Waals surface area contributed by atoms with E-state index < -0.39 is 0 Å². The van der Waals surface area contributed by atoms with E-state index >= 15 is 0 Å². The second-order valence-corrected chi connectivity index (χ2v) is 5.39. The molecule has 0 aliphatic rings. The molecule has 0 saturated carbocycles. The van der Waals surface area contributed by atoms with E-state index in [1.807, 2.05) is 32.0 Å². The monoisotopic (exact) mass is 228 g/mol. The van der Waals surface area contributed by atoms with Gasteiger partial charge in [0.15, 0.2) is 0 Å². The fourth-order valence-corrected chi connectivity index (χ4v) is 2.54. The molecule has 0 radical (unpaired) electrons. The van der Waals surface area contributed by atoms with Crippen LogP contribution < -0.4 is 18.9 Å². The van der Waals surface area contributed by atoms with Crippen LogP contribution in [0, 0.1) is 19.8 Å². The van der Waals surface area contributed by atoms with Crippen molar-refractivity contribution in [1.82, 2.24) is 0 Å². The summed E-state index contributed by atoms with van der Waals surface area (Å²) in [6, 6.07) is 6.01. The van der Waals surface area contributed by atoms with Gasteiger partial charge in [0, 0.05) is 5.52 Å². The third-order valence-electron chi connectivity index (χ3n) is 2.30. The summed E-state index contributed by atoms with van der Waals surface area (Å²) in [5.41, 5.74) is 3.37. The van der Waals surface area contributed by atoms with E-state index in [0.717, 1.165) is 31.4 Å². The molecule has 0 unspecified atom stereocenters. The average Bonchev–Trinajstić information content (AvgIpc) is 2.14. The number of hydrogen-bond acceptors (Lipinski definition) is 1. The molecule has 0 aliphatic carbocycles. The molecule has 1 rings (SSSR count). The van der Waals surface area contributed by atoms with Gasteiger partial charge in [-0.05, 0) is 30.5 Å². The predicted molar refractivity (Wildman–Crippen MR) is 66.9 cm³/mol. The van der Waals surface area contributed by atoms with E-state index in [0.29, 0.717) is 5.92 Å². The second kappa shape index (κ2) is 7.28. The van der Waals surface area contributed by atoms with E-state index in [1.165, 1.54) is 0 Å². The summed E-state index contributed by atoms with van der Waals surface area (Å²) < 4.78 is 0. The minimum atomic E-state index is 0. The normalized spacial score (nSPS) is 10.8. The molecule has 0 aliphatic heterocycles. The van der Waals surface area contributed by atoms with Gasteiger partial charge in [-0.2, -0.15) is 6.16 Å². The van der Waals surface area contributed by atoms with Crippen molar-refractivity contribution in [3.8, 4) is 0 Å². The Bertz CT molecular complexity index is 341. The van der Waals surface area contributed by atoms with Crippen molar-refractivity contribution < 1.29 is 23.7 Å². The molecule has 1 aromatic carbocycles. The summed E-state index contributed by atoms with van der Waals surface area (Å²) >= 11 is 0. The van der Waals surface area contributed by atoms with Gasteiger partial charge in [-0.15, -0.1) is 0 Å². The molecule has 3 heteroatoms. The van der Waals surface area contributed by atoms with Gasteiger partial charge < -0.3 is 13.4 Å². The van der Waals surface area contributed by atoms with Crippen LogP contribution in [0.25, 0.3) is 0 Å². The summed E-state index contributed by atoms with van der Waals surface area (Å²) in [4.78, 5) is 12.0. The first-order valence-corrected chi connectivity index (χ1v) is 6.38. The van der Waals surface area contributed by atoms with Crippen LogP contribution in [0.3, 0.4) is 0 Å². The molecule has 0 aromatic heterocycles. The first-order chi connectivity index (χ1) is 7.02. The van der Waals surface area contributed by atoms with Crippen LogP contribution in [0.2, 0.25) is 0 Å². The van der Waals surface area contributed by atoms with Gasteiger partial charge in [0.25, 0.3) is 0 Å². The van der Waals surface area contributed by atoms with Gasteiger partial charge in [-0.3, -0.25) is 0 Å². The molecule has 0 bridgehead atoms. The van der Waals surface area contributed by atoms with Crippen molar-refractivity contribution in [2.45, 2.75) is 27.7 Å². The first-order valence-electron chi connectivity index (χ1n) is 5.30. The molecule has 0 saturated heterocycles. The van der Waals surface area contributed by atoms with Crippen LogP contribution in [-0.4, -0.2) is 11.7 Å². The zero-order chi connectivity index (χ0) is 11.4. The topological polar surface area (TPSA) is 17.1 Å². The SMILES string of the molecule is Cc1cccc(C)c1C(=O)[P-]CC(C)C.[Li+]. The van der Waals surface area contributed by atoms with Crippen LogP contribution in [0.15, 0.2) is 18.2 Å². The molecule has 16 heavy (non-hydrogen) atoms. The number of hydrogen-bond donors (Lipinski definition) is 0. The number of benzene rings is 1. The molecule has 1 aromatic rings. The Morgan fingerprint density at radius 1 is 1.25 bits per heavy atom. The number of carbonyl (C=O) groups is 1. The second-order valence-electron chi connectivity index (χ2n) is 4.31. The van der Waals surface area contributed by atoms with Crippen LogP contribution in [0.5, 0.6) is 0 Å². The van der Waals surface area contributed by atoms with E-state index in [2.05, 4.69) is 13.8 Å². The van der Waals surface area contributed by atoms with Crippen molar-refractivity contribution >= 4 is 14.1 Å². The molecular formula is C13H18LiOP. The zero-order valence-electron chi connectivity index (χ0n) is 10.9. The standard InChI is InChI=1S/C13H18OP.Li/c1-9(2)8-15-13(14)12-10(3)6-5-7-11(12)4;/h5-7,9H,8H2,1-4H3;/q-1;+1. The maximum absolute atomic E-state index is 12.0. The average molecular weight is 228 g/mol. The van der Waals surface area contributed by atoms with Gasteiger partial charge >= 0.3 is 18.9 Å². The Hall–Kier alpha value is -0.0826. The summed E-state index contributed by atoms with van der Waals surface area (Å²) in [6.45, 7) is 8.30. The predicted octanol–water partition coefficient (Wildman–Crippen LogP) is 1.05. The smallest absolute Gasteiger partial charge is 0.459 e. The van der Waals surface area contributed by atoms with Gasteiger partial charge in [-0.1, -0.05) is 38.0 Å². The largest absolute Gasteiger partial charge is 1.00 e. The fourth-order valence-electron chi connectivity index (χ4n) is 1.50. The van der Waals surface area contributed by atoms with E-state index in [1.54, 1.807) is 0 Å². The van der Waals surface area contributed by atoms with Crippen molar-refractivity contribution in [3.05, 3.63) is 34.9 Å². The maximum atomic E-state index is 12.0. The van der Waals surface area contributed by atoms with Crippen LogP contribution in [0.4, 0.5) is 0 Å². The van der Waals surface area contributed by atoms with E-state index in [9.17, 15) is 4.79 Å². The van der Waals surface area contributed by atoms with Gasteiger partial charge in [0.2, 0.25) is 0 Å². The Morgan fingerprint density at radius 3 is 2.19 bits per heavy atom. The maximum Gasteiger partial charge on any atom is 1.00 e. The third-order valence-corrected chi connectivity index (χ3v) is 3.72. The Morgan fingerprint density at radius 2 is 1.75 bits per heavy atom. The van der Waals surface area contributed by atoms with Crippen molar-refractivity contribution in [2.75, 3.05) is 6.16 Å². The molecule has 0 spiro atoms. The van der Waals surface area contributed by atoms with Crippen molar-refractivity contribution in [1.29, 1.82) is 0 Å². The zero-order valence-corrected chi connectivity index (χ0v) is 11.8. The summed E-state index contributed by atoms with van der Waals surface area (Å²) in [5, 5.41) is 0. The van der Waals surface area contributed by atoms with Crippen LogP contribution >= 0.6 is 8.58 Å². The molecular weight excluding hydrogens is 210 g/mol. The minimum absolute atomic E-state index is 0. The van der Waals surface area contributed by atoms with E-state index in [4.69, 9.17) is 0 Å². The van der Waals surface area contributed by atoms with Gasteiger partial charge in [-0.25, -0.2) is 0 Å². The van der Waals surface area contributed by atoms with Crippen molar-refractivity contribution in [2.24, 2.45) is 5.92 Å². The van der Waals surface area contributed by atoms with Gasteiger partial charge in [0.05, 0.1) is 0 Å². The Labute approximate surface area is 112 Å². The molecule has 0 heterocycles. The number of carbonyl (C=O) groups excluding carboxylic acids is 1. The van der Waals surface area contributed by atoms with E-state index in [-0.39, 0.29) is 24.4 Å². The quantitative estimate of drug-likeness (QED) is 0.556. The molecule has 0 atom stereocenters. The number of aryl methyl sites for hydroxylation is 2.